The van der Waals surface area contributed by atoms with Crippen LogP contribution in [-0.2, 0) is 17.9 Å². The molecule has 0 spiro atoms. The number of nitro groups is 1. The number of carbonyl (C=O) groups excluding carboxylic acids is 1. The molecule has 0 aliphatic carbocycles. The van der Waals surface area contributed by atoms with Gasteiger partial charge in [0.2, 0.25) is 0 Å². The van der Waals surface area contributed by atoms with Crippen LogP contribution in [-0.4, -0.2) is 34.4 Å². The summed E-state index contributed by atoms with van der Waals surface area (Å²) in [6, 6.07) is 9.04. The van der Waals surface area contributed by atoms with E-state index in [1.54, 1.807) is 12.1 Å². The number of rotatable bonds is 9. The van der Waals surface area contributed by atoms with E-state index in [1.165, 1.54) is 24.2 Å². The Morgan fingerprint density at radius 3 is 2.66 bits per heavy atom. The molecule has 0 saturated carbocycles. The summed E-state index contributed by atoms with van der Waals surface area (Å²) in [6.07, 6.45) is 2.73. The van der Waals surface area contributed by atoms with E-state index < -0.39 is 35.5 Å². The van der Waals surface area contributed by atoms with E-state index in [2.05, 4.69) is 9.84 Å². The van der Waals surface area contributed by atoms with Crippen LogP contribution in [0.25, 0.3) is 0 Å². The van der Waals surface area contributed by atoms with E-state index in [-0.39, 0.29) is 16.9 Å². The fourth-order valence-electron chi connectivity index (χ4n) is 2.81. The monoisotopic (exact) mass is 467 g/mol. The molecule has 0 fully saturated rings. The summed E-state index contributed by atoms with van der Waals surface area (Å²) >= 11 is 6.12. The van der Waals surface area contributed by atoms with Crippen molar-refractivity contribution in [2.75, 3.05) is 7.11 Å². The average Bonchev–Trinajstić information content (AvgIpc) is 3.22. The zero-order chi connectivity index (χ0) is 23.3. The van der Waals surface area contributed by atoms with Gasteiger partial charge in [-0.3, -0.25) is 14.8 Å². The molecule has 168 valence electrons. The third-order valence-corrected chi connectivity index (χ3v) is 4.66. The van der Waals surface area contributed by atoms with Crippen molar-refractivity contribution < 1.29 is 32.7 Å². The number of halogens is 3. The predicted molar refractivity (Wildman–Crippen MR) is 108 cm³/mol. The molecule has 0 atom stereocenters. The Kier molecular flexibility index (Phi) is 7.21. The van der Waals surface area contributed by atoms with E-state index in [4.69, 9.17) is 21.1 Å². The lowest BCUT2D eigenvalue weighted by molar-refractivity contribution is -0.386. The van der Waals surface area contributed by atoms with Gasteiger partial charge in [-0.15, -0.1) is 0 Å². The number of methoxy groups -OCH3 is 1. The Bertz CT molecular complexity index is 1140. The highest BCUT2D eigenvalue weighted by atomic mass is 35.5. The minimum atomic E-state index is -3.20. The van der Waals surface area contributed by atoms with Crippen molar-refractivity contribution in [2.45, 2.75) is 19.8 Å². The second-order valence-electron chi connectivity index (χ2n) is 6.36. The molecule has 0 N–H and O–H groups in total. The Morgan fingerprint density at radius 2 is 2.00 bits per heavy atom. The van der Waals surface area contributed by atoms with Gasteiger partial charge in [0.05, 0.1) is 42.0 Å². The molecule has 32 heavy (non-hydrogen) atoms. The second-order valence-corrected chi connectivity index (χ2v) is 6.77. The molecule has 1 aromatic heterocycles. The summed E-state index contributed by atoms with van der Waals surface area (Å²) < 4.78 is 40.9. The highest BCUT2D eigenvalue weighted by Gasteiger charge is 2.23. The minimum absolute atomic E-state index is 0.0646. The van der Waals surface area contributed by atoms with Crippen molar-refractivity contribution in [2.24, 2.45) is 0 Å². The second kappa shape index (κ2) is 10.1. The van der Waals surface area contributed by atoms with Gasteiger partial charge in [-0.05, 0) is 17.7 Å². The van der Waals surface area contributed by atoms with Crippen LogP contribution in [0.3, 0.4) is 0 Å². The predicted octanol–water partition coefficient (Wildman–Crippen LogP) is 4.46. The maximum Gasteiger partial charge on any atom is 0.387 e. The molecule has 0 radical (unpaired) electrons. The maximum absolute atomic E-state index is 12.5. The van der Waals surface area contributed by atoms with Crippen molar-refractivity contribution in [3.63, 3.8) is 0 Å². The first kappa shape index (κ1) is 22.9. The Labute approximate surface area is 185 Å². The SMILES string of the molecule is COc1cc(COC(=O)c2cnn(Cc3ccccc3Cl)c2)c([N+](=O)[O-])cc1OC(F)F. The lowest BCUT2D eigenvalue weighted by Gasteiger charge is -2.12. The molecule has 2 aromatic carbocycles. The van der Waals surface area contributed by atoms with E-state index in [9.17, 15) is 23.7 Å². The number of nitrogens with zero attached hydrogens (tertiary/aromatic N) is 3. The number of carbonyl (C=O) groups is 1. The summed E-state index contributed by atoms with van der Waals surface area (Å²) in [6.45, 7) is -3.38. The first-order valence-corrected chi connectivity index (χ1v) is 9.39. The molecular formula is C20H16ClF2N3O6. The number of hydrogen-bond acceptors (Lipinski definition) is 7. The molecule has 1 heterocycles. The fourth-order valence-corrected chi connectivity index (χ4v) is 3.00. The summed E-state index contributed by atoms with van der Waals surface area (Å²) in [5.74, 6) is -1.46. The number of aromatic nitrogens is 2. The maximum atomic E-state index is 12.5. The molecule has 0 unspecified atom stereocenters. The molecule has 0 aliphatic rings. The van der Waals surface area contributed by atoms with Crippen LogP contribution in [0.2, 0.25) is 5.02 Å². The van der Waals surface area contributed by atoms with Crippen LogP contribution < -0.4 is 9.47 Å². The van der Waals surface area contributed by atoms with Crippen molar-refractivity contribution in [3.05, 3.63) is 80.6 Å². The normalized spacial score (nSPS) is 10.8. The zero-order valence-electron chi connectivity index (χ0n) is 16.5. The Hall–Kier alpha value is -3.73. The van der Waals surface area contributed by atoms with Crippen molar-refractivity contribution in [3.8, 4) is 11.5 Å². The van der Waals surface area contributed by atoms with Crippen LogP contribution in [0.5, 0.6) is 11.5 Å². The number of nitro benzene ring substituents is 1. The summed E-state index contributed by atoms with van der Waals surface area (Å²) in [5, 5.41) is 16.0. The van der Waals surface area contributed by atoms with Crippen LogP contribution in [0.4, 0.5) is 14.5 Å². The lowest BCUT2D eigenvalue weighted by Crippen LogP contribution is -2.08. The summed E-state index contributed by atoms with van der Waals surface area (Å²) in [5.41, 5.74) is 0.282. The van der Waals surface area contributed by atoms with Gasteiger partial charge >= 0.3 is 12.6 Å². The Balaban J connectivity index is 1.73. The molecule has 0 amide bonds. The minimum Gasteiger partial charge on any atom is -0.493 e. The van der Waals surface area contributed by atoms with Gasteiger partial charge in [0.15, 0.2) is 11.5 Å². The van der Waals surface area contributed by atoms with Crippen molar-refractivity contribution >= 4 is 23.3 Å². The van der Waals surface area contributed by atoms with Gasteiger partial charge in [0, 0.05) is 11.2 Å². The third-order valence-electron chi connectivity index (χ3n) is 4.30. The topological polar surface area (TPSA) is 106 Å². The highest BCUT2D eigenvalue weighted by Crippen LogP contribution is 2.36. The third kappa shape index (κ3) is 5.49. The van der Waals surface area contributed by atoms with Gasteiger partial charge in [-0.2, -0.15) is 13.9 Å². The average molecular weight is 468 g/mol. The smallest absolute Gasteiger partial charge is 0.387 e. The van der Waals surface area contributed by atoms with Gasteiger partial charge < -0.3 is 14.2 Å². The van der Waals surface area contributed by atoms with Crippen LogP contribution >= 0.6 is 11.6 Å². The Morgan fingerprint density at radius 1 is 1.25 bits per heavy atom. The van der Waals surface area contributed by atoms with Crippen molar-refractivity contribution in [1.82, 2.24) is 9.78 Å². The van der Waals surface area contributed by atoms with Crippen LogP contribution in [0.1, 0.15) is 21.5 Å². The number of benzene rings is 2. The number of alkyl halides is 2. The number of esters is 1. The lowest BCUT2D eigenvalue weighted by atomic mass is 10.1. The zero-order valence-corrected chi connectivity index (χ0v) is 17.3. The molecule has 0 saturated heterocycles. The van der Waals surface area contributed by atoms with Crippen molar-refractivity contribution in [1.29, 1.82) is 0 Å². The van der Waals surface area contributed by atoms with Gasteiger partial charge in [-0.1, -0.05) is 29.8 Å². The summed E-state index contributed by atoms with van der Waals surface area (Å²) in [7, 11) is 1.18. The molecule has 9 nitrogen and oxygen atoms in total. The molecule has 3 rings (SSSR count). The van der Waals surface area contributed by atoms with Crippen LogP contribution in [0.15, 0.2) is 48.8 Å². The molecule has 0 bridgehead atoms. The van der Waals surface area contributed by atoms with E-state index in [1.807, 2.05) is 12.1 Å². The van der Waals surface area contributed by atoms with Crippen LogP contribution in [0, 0.1) is 10.1 Å². The van der Waals surface area contributed by atoms with E-state index in [0.29, 0.717) is 11.6 Å². The van der Waals surface area contributed by atoms with Gasteiger partial charge in [0.25, 0.3) is 5.69 Å². The first-order chi connectivity index (χ1) is 15.3. The number of ether oxygens (including phenoxy) is 3. The van der Waals surface area contributed by atoms with Gasteiger partial charge in [-0.25, -0.2) is 4.79 Å². The quantitative estimate of drug-likeness (QED) is 0.260. The number of hydrogen-bond donors (Lipinski definition) is 0. The highest BCUT2D eigenvalue weighted by molar-refractivity contribution is 6.31. The largest absolute Gasteiger partial charge is 0.493 e. The fraction of sp³-hybridized carbons (Fsp3) is 0.200. The first-order valence-electron chi connectivity index (χ1n) is 9.01. The van der Waals surface area contributed by atoms with E-state index >= 15 is 0 Å². The van der Waals surface area contributed by atoms with E-state index in [0.717, 1.165) is 17.7 Å². The molecule has 12 heteroatoms. The summed E-state index contributed by atoms with van der Waals surface area (Å²) in [4.78, 5) is 22.9. The molecule has 3 aromatic rings. The molecule has 0 aliphatic heterocycles. The van der Waals surface area contributed by atoms with Gasteiger partial charge in [0.1, 0.15) is 6.61 Å². The molecular weight excluding hydrogens is 452 g/mol. The standard InChI is InChI=1S/C20H16ClF2N3O6/c1-30-17-6-13(16(26(28)29)7-18(17)32-20(22)23)11-31-19(27)14-8-24-25(10-14)9-12-4-2-3-5-15(12)21/h2-8,10,20H,9,11H2,1H3.